The first-order valence-electron chi connectivity index (χ1n) is 7.69. The van der Waals surface area contributed by atoms with Crippen molar-refractivity contribution in [2.75, 3.05) is 13.1 Å². The van der Waals surface area contributed by atoms with Crippen molar-refractivity contribution < 1.29 is 0 Å². The van der Waals surface area contributed by atoms with Crippen LogP contribution < -0.4 is 5.73 Å². The molecule has 0 amide bonds. The molecular formula is C17H28N2. The van der Waals surface area contributed by atoms with Crippen LogP contribution >= 0.6 is 0 Å². The molecule has 2 nitrogen and oxygen atoms in total. The minimum atomic E-state index is 0.224. The van der Waals surface area contributed by atoms with Crippen molar-refractivity contribution in [1.29, 1.82) is 0 Å². The molecule has 19 heavy (non-hydrogen) atoms. The lowest BCUT2D eigenvalue weighted by atomic mass is 9.75. The number of hydrogen-bond donors (Lipinski definition) is 1. The molecule has 1 aromatic rings. The van der Waals surface area contributed by atoms with E-state index < -0.39 is 0 Å². The smallest absolute Gasteiger partial charge is 0.0337 e. The largest absolute Gasteiger partial charge is 0.329 e. The molecule has 1 aliphatic carbocycles. The quantitative estimate of drug-likeness (QED) is 0.879. The first-order valence-corrected chi connectivity index (χ1v) is 7.69. The summed E-state index contributed by atoms with van der Waals surface area (Å²) >= 11 is 0. The van der Waals surface area contributed by atoms with Gasteiger partial charge in [-0.15, -0.1) is 0 Å². The molecule has 0 aromatic heterocycles. The number of rotatable bonds is 5. The Kier molecular flexibility index (Phi) is 5.00. The second-order valence-corrected chi connectivity index (χ2v) is 6.13. The molecule has 1 aliphatic rings. The van der Waals surface area contributed by atoms with Crippen LogP contribution in [0.5, 0.6) is 0 Å². The van der Waals surface area contributed by atoms with Crippen LogP contribution in [0.15, 0.2) is 30.3 Å². The molecule has 2 unspecified atom stereocenters. The third-order valence-corrected chi connectivity index (χ3v) is 4.72. The molecule has 0 radical (unpaired) electrons. The van der Waals surface area contributed by atoms with Gasteiger partial charge >= 0.3 is 0 Å². The Morgan fingerprint density at radius 3 is 2.63 bits per heavy atom. The maximum Gasteiger partial charge on any atom is 0.0337 e. The maximum absolute atomic E-state index is 6.19. The van der Waals surface area contributed by atoms with E-state index in [1.54, 1.807) is 0 Å². The van der Waals surface area contributed by atoms with Crippen LogP contribution in [0.4, 0.5) is 0 Å². The molecule has 0 bridgehead atoms. The summed E-state index contributed by atoms with van der Waals surface area (Å²) in [6.45, 7) is 7.54. The van der Waals surface area contributed by atoms with Crippen LogP contribution in [0.1, 0.15) is 45.1 Å². The highest BCUT2D eigenvalue weighted by atomic mass is 15.2. The molecule has 2 N–H and O–H groups in total. The highest BCUT2D eigenvalue weighted by Crippen LogP contribution is 2.36. The van der Waals surface area contributed by atoms with E-state index in [1.165, 1.54) is 31.2 Å². The molecule has 0 aliphatic heterocycles. The van der Waals surface area contributed by atoms with Gasteiger partial charge in [-0.05, 0) is 30.9 Å². The second-order valence-electron chi connectivity index (χ2n) is 6.13. The molecule has 0 saturated heterocycles. The van der Waals surface area contributed by atoms with E-state index >= 15 is 0 Å². The summed E-state index contributed by atoms with van der Waals surface area (Å²) < 4.78 is 0. The van der Waals surface area contributed by atoms with E-state index in [9.17, 15) is 0 Å². The van der Waals surface area contributed by atoms with Crippen molar-refractivity contribution in [1.82, 2.24) is 4.90 Å². The fraction of sp³-hybridized carbons (Fsp3) is 0.647. The number of benzene rings is 1. The third-order valence-electron chi connectivity index (χ3n) is 4.72. The molecule has 1 fully saturated rings. The monoisotopic (exact) mass is 260 g/mol. The average Bonchev–Trinajstić information content (AvgIpc) is 2.45. The molecule has 2 heteroatoms. The van der Waals surface area contributed by atoms with Crippen LogP contribution in [0, 0.1) is 5.92 Å². The Hall–Kier alpha value is -0.860. The summed E-state index contributed by atoms with van der Waals surface area (Å²) in [4.78, 5) is 2.61. The van der Waals surface area contributed by atoms with Crippen LogP contribution in [0.3, 0.4) is 0 Å². The lowest BCUT2D eigenvalue weighted by Crippen LogP contribution is -2.55. The average molecular weight is 260 g/mol. The van der Waals surface area contributed by atoms with E-state index in [0.717, 1.165) is 25.6 Å². The Morgan fingerprint density at radius 2 is 2.05 bits per heavy atom. The van der Waals surface area contributed by atoms with Gasteiger partial charge in [-0.1, -0.05) is 57.0 Å². The van der Waals surface area contributed by atoms with Gasteiger partial charge in [-0.2, -0.15) is 0 Å². The summed E-state index contributed by atoms with van der Waals surface area (Å²) in [6, 6.07) is 10.8. The Balaban J connectivity index is 2.14. The highest BCUT2D eigenvalue weighted by Gasteiger charge is 2.38. The van der Waals surface area contributed by atoms with Gasteiger partial charge in [0.15, 0.2) is 0 Å². The summed E-state index contributed by atoms with van der Waals surface area (Å²) in [7, 11) is 0. The van der Waals surface area contributed by atoms with Crippen molar-refractivity contribution >= 4 is 0 Å². The van der Waals surface area contributed by atoms with Gasteiger partial charge in [0, 0.05) is 18.6 Å². The molecule has 1 aromatic carbocycles. The number of hydrogen-bond acceptors (Lipinski definition) is 2. The van der Waals surface area contributed by atoms with Gasteiger partial charge in [-0.25, -0.2) is 0 Å². The minimum Gasteiger partial charge on any atom is -0.329 e. The van der Waals surface area contributed by atoms with Crippen LogP contribution in [-0.2, 0) is 6.54 Å². The topological polar surface area (TPSA) is 29.3 Å². The number of likely N-dealkylation sites (N-methyl/N-ethyl adjacent to an activating group) is 1. The second kappa shape index (κ2) is 6.53. The molecule has 1 saturated carbocycles. The van der Waals surface area contributed by atoms with E-state index in [-0.39, 0.29) is 5.54 Å². The Bertz CT molecular complexity index is 376. The lowest BCUT2D eigenvalue weighted by molar-refractivity contribution is 0.0367. The maximum atomic E-state index is 6.19. The first-order chi connectivity index (χ1) is 9.20. The summed E-state index contributed by atoms with van der Waals surface area (Å²) in [5, 5.41) is 0. The zero-order chi connectivity index (χ0) is 13.7. The van der Waals surface area contributed by atoms with Gasteiger partial charge < -0.3 is 5.73 Å². The van der Waals surface area contributed by atoms with Crippen molar-refractivity contribution in [2.24, 2.45) is 11.7 Å². The van der Waals surface area contributed by atoms with Gasteiger partial charge in [-0.3, -0.25) is 4.90 Å². The van der Waals surface area contributed by atoms with E-state index in [4.69, 9.17) is 5.73 Å². The van der Waals surface area contributed by atoms with E-state index in [1.807, 2.05) is 0 Å². The zero-order valence-electron chi connectivity index (χ0n) is 12.4. The molecule has 0 spiro atoms. The van der Waals surface area contributed by atoms with E-state index in [2.05, 4.69) is 49.1 Å². The molecular weight excluding hydrogens is 232 g/mol. The number of nitrogens with zero attached hydrogens (tertiary/aromatic N) is 1. The fourth-order valence-electron chi connectivity index (χ4n) is 3.65. The summed E-state index contributed by atoms with van der Waals surface area (Å²) in [5.41, 5.74) is 7.81. The first kappa shape index (κ1) is 14.5. The van der Waals surface area contributed by atoms with Crippen molar-refractivity contribution in [3.05, 3.63) is 35.9 Å². The molecule has 0 heterocycles. The Morgan fingerprint density at radius 1 is 1.32 bits per heavy atom. The SMILES string of the molecule is CCN(Cc1ccccc1)C1(CN)CCCC(C)C1. The summed E-state index contributed by atoms with van der Waals surface area (Å²) in [6.07, 6.45) is 5.20. The fourth-order valence-corrected chi connectivity index (χ4v) is 3.65. The molecule has 2 atom stereocenters. The van der Waals surface area contributed by atoms with Gasteiger partial charge in [0.25, 0.3) is 0 Å². The normalized spacial score (nSPS) is 27.7. The standard InChI is InChI=1S/C17H28N2/c1-3-19(13-16-9-5-4-6-10-16)17(14-18)11-7-8-15(2)12-17/h4-6,9-10,15H,3,7-8,11-14,18H2,1-2H3. The Labute approximate surface area is 118 Å². The van der Waals surface area contributed by atoms with Gasteiger partial charge in [0.1, 0.15) is 0 Å². The predicted molar refractivity (Wildman–Crippen MR) is 81.9 cm³/mol. The van der Waals surface area contributed by atoms with E-state index in [0.29, 0.717) is 0 Å². The van der Waals surface area contributed by atoms with Crippen LogP contribution in [0.25, 0.3) is 0 Å². The van der Waals surface area contributed by atoms with Crippen molar-refractivity contribution in [2.45, 2.75) is 51.6 Å². The minimum absolute atomic E-state index is 0.224. The molecule has 106 valence electrons. The highest BCUT2D eigenvalue weighted by molar-refractivity contribution is 5.15. The van der Waals surface area contributed by atoms with Crippen molar-refractivity contribution in [3.63, 3.8) is 0 Å². The van der Waals surface area contributed by atoms with Gasteiger partial charge in [0.2, 0.25) is 0 Å². The van der Waals surface area contributed by atoms with Crippen molar-refractivity contribution in [3.8, 4) is 0 Å². The van der Waals surface area contributed by atoms with Crippen LogP contribution in [-0.4, -0.2) is 23.5 Å². The molecule has 2 rings (SSSR count). The van der Waals surface area contributed by atoms with Crippen LogP contribution in [0.2, 0.25) is 0 Å². The van der Waals surface area contributed by atoms with Gasteiger partial charge in [0.05, 0.1) is 0 Å². The summed E-state index contributed by atoms with van der Waals surface area (Å²) in [5.74, 6) is 0.808. The third kappa shape index (κ3) is 3.37. The zero-order valence-corrected chi connectivity index (χ0v) is 12.4. The lowest BCUT2D eigenvalue weighted by Gasteiger charge is -2.47. The number of nitrogens with two attached hydrogens (primary N) is 1. The predicted octanol–water partition coefficient (Wildman–Crippen LogP) is 3.42.